The SMILES string of the molecule is CC(C)CCCNCC(N)CCCC(C)C. The van der Waals surface area contributed by atoms with Crippen molar-refractivity contribution in [3.8, 4) is 0 Å². The number of rotatable bonds is 10. The maximum absolute atomic E-state index is 6.04. The Labute approximate surface area is 102 Å². The predicted molar refractivity (Wildman–Crippen MR) is 73.6 cm³/mol. The standard InChI is InChI=1S/C14H32N2/c1-12(2)7-5-9-14(15)11-16-10-6-8-13(3)4/h12-14,16H,5-11,15H2,1-4H3. The topological polar surface area (TPSA) is 38.0 Å². The fourth-order valence-corrected chi connectivity index (χ4v) is 1.81. The van der Waals surface area contributed by atoms with E-state index in [1.807, 2.05) is 0 Å². The van der Waals surface area contributed by atoms with Gasteiger partial charge in [0.2, 0.25) is 0 Å². The van der Waals surface area contributed by atoms with Gasteiger partial charge in [-0.2, -0.15) is 0 Å². The van der Waals surface area contributed by atoms with Crippen molar-refractivity contribution in [2.45, 2.75) is 65.8 Å². The Bertz CT molecular complexity index is 144. The number of hydrogen-bond donors (Lipinski definition) is 2. The molecular weight excluding hydrogens is 196 g/mol. The van der Waals surface area contributed by atoms with Crippen molar-refractivity contribution < 1.29 is 0 Å². The molecule has 0 amide bonds. The molecule has 0 heterocycles. The molecule has 0 saturated carbocycles. The van der Waals surface area contributed by atoms with E-state index in [2.05, 4.69) is 33.0 Å². The van der Waals surface area contributed by atoms with E-state index < -0.39 is 0 Å². The van der Waals surface area contributed by atoms with E-state index in [1.54, 1.807) is 0 Å². The Morgan fingerprint density at radius 3 is 2.00 bits per heavy atom. The van der Waals surface area contributed by atoms with E-state index >= 15 is 0 Å². The lowest BCUT2D eigenvalue weighted by Crippen LogP contribution is -2.34. The maximum Gasteiger partial charge on any atom is 0.0165 e. The maximum atomic E-state index is 6.04. The van der Waals surface area contributed by atoms with Gasteiger partial charge in [0.1, 0.15) is 0 Å². The number of hydrogen-bond acceptors (Lipinski definition) is 2. The molecular formula is C14H32N2. The van der Waals surface area contributed by atoms with Crippen molar-refractivity contribution in [3.05, 3.63) is 0 Å². The Morgan fingerprint density at radius 1 is 0.875 bits per heavy atom. The molecule has 0 saturated heterocycles. The van der Waals surface area contributed by atoms with Crippen molar-refractivity contribution in [2.24, 2.45) is 17.6 Å². The Morgan fingerprint density at radius 2 is 1.44 bits per heavy atom. The lowest BCUT2D eigenvalue weighted by atomic mass is 10.0. The monoisotopic (exact) mass is 228 g/mol. The summed E-state index contributed by atoms with van der Waals surface area (Å²) in [6.07, 6.45) is 6.33. The molecule has 2 nitrogen and oxygen atoms in total. The zero-order valence-electron chi connectivity index (χ0n) is 11.8. The van der Waals surface area contributed by atoms with Gasteiger partial charge in [0, 0.05) is 12.6 Å². The molecule has 16 heavy (non-hydrogen) atoms. The smallest absolute Gasteiger partial charge is 0.0165 e. The van der Waals surface area contributed by atoms with Gasteiger partial charge in [0.25, 0.3) is 0 Å². The molecule has 0 bridgehead atoms. The summed E-state index contributed by atoms with van der Waals surface area (Å²) in [4.78, 5) is 0. The van der Waals surface area contributed by atoms with Crippen molar-refractivity contribution in [3.63, 3.8) is 0 Å². The molecule has 1 atom stereocenters. The first kappa shape index (κ1) is 15.9. The zero-order chi connectivity index (χ0) is 12.4. The van der Waals surface area contributed by atoms with Crippen LogP contribution in [0.5, 0.6) is 0 Å². The number of nitrogens with two attached hydrogens (primary N) is 1. The Kier molecular flexibility index (Phi) is 10.0. The van der Waals surface area contributed by atoms with Gasteiger partial charge in [0.05, 0.1) is 0 Å². The van der Waals surface area contributed by atoms with Gasteiger partial charge in [-0.15, -0.1) is 0 Å². The van der Waals surface area contributed by atoms with Crippen LogP contribution in [0.2, 0.25) is 0 Å². The average Bonchev–Trinajstić information content (AvgIpc) is 2.16. The van der Waals surface area contributed by atoms with Crippen LogP contribution in [0.4, 0.5) is 0 Å². The average molecular weight is 228 g/mol. The minimum absolute atomic E-state index is 0.345. The van der Waals surface area contributed by atoms with Gasteiger partial charge in [-0.05, 0) is 37.6 Å². The molecule has 0 spiro atoms. The van der Waals surface area contributed by atoms with Gasteiger partial charge in [-0.3, -0.25) is 0 Å². The van der Waals surface area contributed by atoms with Gasteiger partial charge in [-0.25, -0.2) is 0 Å². The first-order valence-electron chi connectivity index (χ1n) is 6.98. The summed E-state index contributed by atoms with van der Waals surface area (Å²) in [6, 6.07) is 0.345. The van der Waals surface area contributed by atoms with Crippen LogP contribution in [0.1, 0.15) is 59.8 Å². The lowest BCUT2D eigenvalue weighted by Gasteiger charge is -2.13. The molecule has 0 aliphatic carbocycles. The molecule has 0 aliphatic heterocycles. The summed E-state index contributed by atoms with van der Waals surface area (Å²) in [5.41, 5.74) is 6.04. The van der Waals surface area contributed by atoms with E-state index in [9.17, 15) is 0 Å². The van der Waals surface area contributed by atoms with E-state index in [4.69, 9.17) is 5.73 Å². The highest BCUT2D eigenvalue weighted by Crippen LogP contribution is 2.07. The molecule has 2 heteroatoms. The highest BCUT2D eigenvalue weighted by Gasteiger charge is 2.02. The van der Waals surface area contributed by atoms with Crippen LogP contribution in [-0.2, 0) is 0 Å². The highest BCUT2D eigenvalue weighted by molar-refractivity contribution is 4.65. The third-order valence-electron chi connectivity index (χ3n) is 2.90. The van der Waals surface area contributed by atoms with Crippen LogP contribution in [0.25, 0.3) is 0 Å². The van der Waals surface area contributed by atoms with E-state index in [0.717, 1.165) is 31.3 Å². The van der Waals surface area contributed by atoms with Crippen molar-refractivity contribution in [2.75, 3.05) is 13.1 Å². The van der Waals surface area contributed by atoms with Crippen LogP contribution in [0.3, 0.4) is 0 Å². The van der Waals surface area contributed by atoms with E-state index in [1.165, 1.54) is 25.7 Å². The molecule has 98 valence electrons. The second kappa shape index (κ2) is 10.1. The largest absolute Gasteiger partial charge is 0.327 e. The van der Waals surface area contributed by atoms with Crippen LogP contribution in [-0.4, -0.2) is 19.1 Å². The van der Waals surface area contributed by atoms with E-state index in [0.29, 0.717) is 6.04 Å². The molecule has 1 unspecified atom stereocenters. The third kappa shape index (κ3) is 12.0. The molecule has 3 N–H and O–H groups in total. The molecule has 0 rings (SSSR count). The molecule has 0 aromatic heterocycles. The van der Waals surface area contributed by atoms with Crippen molar-refractivity contribution in [1.29, 1.82) is 0 Å². The Balaban J connectivity index is 3.20. The first-order valence-corrected chi connectivity index (χ1v) is 6.98. The second-order valence-corrected chi connectivity index (χ2v) is 5.83. The summed E-state index contributed by atoms with van der Waals surface area (Å²) in [5.74, 6) is 1.63. The van der Waals surface area contributed by atoms with Crippen LogP contribution >= 0.6 is 0 Å². The van der Waals surface area contributed by atoms with Crippen LogP contribution < -0.4 is 11.1 Å². The summed E-state index contributed by atoms with van der Waals surface area (Å²) < 4.78 is 0. The van der Waals surface area contributed by atoms with Crippen LogP contribution in [0, 0.1) is 11.8 Å². The summed E-state index contributed by atoms with van der Waals surface area (Å²) in [6.45, 7) is 11.2. The quantitative estimate of drug-likeness (QED) is 0.564. The summed E-state index contributed by atoms with van der Waals surface area (Å²) in [7, 11) is 0. The van der Waals surface area contributed by atoms with Gasteiger partial charge < -0.3 is 11.1 Å². The first-order chi connectivity index (χ1) is 7.52. The fraction of sp³-hybridized carbons (Fsp3) is 1.00. The normalized spacial score (nSPS) is 13.7. The Hall–Kier alpha value is -0.0800. The minimum Gasteiger partial charge on any atom is -0.327 e. The third-order valence-corrected chi connectivity index (χ3v) is 2.90. The predicted octanol–water partition coefficient (Wildman–Crippen LogP) is 3.17. The lowest BCUT2D eigenvalue weighted by molar-refractivity contribution is 0.466. The summed E-state index contributed by atoms with van der Waals surface area (Å²) >= 11 is 0. The second-order valence-electron chi connectivity index (χ2n) is 5.83. The highest BCUT2D eigenvalue weighted by atomic mass is 14.9. The molecule has 0 radical (unpaired) electrons. The molecule has 0 aromatic carbocycles. The summed E-state index contributed by atoms with van der Waals surface area (Å²) in [5, 5.41) is 3.45. The molecule has 0 fully saturated rings. The molecule has 0 aromatic rings. The van der Waals surface area contributed by atoms with Crippen LogP contribution in [0.15, 0.2) is 0 Å². The fourth-order valence-electron chi connectivity index (χ4n) is 1.81. The van der Waals surface area contributed by atoms with Gasteiger partial charge in [0.15, 0.2) is 0 Å². The molecule has 0 aliphatic rings. The van der Waals surface area contributed by atoms with E-state index in [-0.39, 0.29) is 0 Å². The number of nitrogens with one attached hydrogen (secondary N) is 1. The zero-order valence-corrected chi connectivity index (χ0v) is 11.8. The van der Waals surface area contributed by atoms with Crippen molar-refractivity contribution in [1.82, 2.24) is 5.32 Å². The van der Waals surface area contributed by atoms with Gasteiger partial charge in [-0.1, -0.05) is 40.5 Å². The van der Waals surface area contributed by atoms with Gasteiger partial charge >= 0.3 is 0 Å². The van der Waals surface area contributed by atoms with Crippen molar-refractivity contribution >= 4 is 0 Å². The minimum atomic E-state index is 0.345.